The van der Waals surface area contributed by atoms with Crippen LogP contribution in [-0.2, 0) is 16.1 Å². The Morgan fingerprint density at radius 2 is 1.79 bits per heavy atom. The maximum Gasteiger partial charge on any atom is 0.332 e. The Morgan fingerprint density at radius 3 is 2.44 bits per heavy atom. The van der Waals surface area contributed by atoms with Gasteiger partial charge in [0.15, 0.2) is 0 Å². The second-order valence-electron chi connectivity index (χ2n) is 8.14. The molecule has 176 valence electrons. The van der Waals surface area contributed by atoms with Crippen LogP contribution in [0.5, 0.6) is 5.75 Å². The van der Waals surface area contributed by atoms with Crippen molar-refractivity contribution in [3.63, 3.8) is 0 Å². The second-order valence-corrected chi connectivity index (χ2v) is 8.14. The zero-order valence-corrected chi connectivity index (χ0v) is 19.2. The van der Waals surface area contributed by atoms with Gasteiger partial charge < -0.3 is 19.4 Å². The van der Waals surface area contributed by atoms with Gasteiger partial charge in [-0.3, -0.25) is 9.59 Å². The molecule has 0 radical (unpaired) electrons. The van der Waals surface area contributed by atoms with Crippen molar-refractivity contribution >= 4 is 29.2 Å². The van der Waals surface area contributed by atoms with Gasteiger partial charge in [0.2, 0.25) is 5.91 Å². The highest BCUT2D eigenvalue weighted by Gasteiger charge is 2.47. The maximum atomic E-state index is 13.3. The standard InChI is InChI=1S/C26H27N3O5/c1-3-14-33-21-12-8-19(9-13-21)27-24(30)16-23-25(31)29(20-10-6-18(2)7-11-20)26(32)28(23)17-22-5-4-15-34-22/h4-13,15,23H,3,14,16-17H2,1-2H3,(H,27,30)/t23-/m0/s1. The summed E-state index contributed by atoms with van der Waals surface area (Å²) in [6.45, 7) is 4.66. The quantitative estimate of drug-likeness (QED) is 0.465. The highest BCUT2D eigenvalue weighted by Crippen LogP contribution is 2.29. The summed E-state index contributed by atoms with van der Waals surface area (Å²) >= 11 is 0. The smallest absolute Gasteiger partial charge is 0.332 e. The van der Waals surface area contributed by atoms with E-state index >= 15 is 0 Å². The van der Waals surface area contributed by atoms with Gasteiger partial charge >= 0.3 is 6.03 Å². The van der Waals surface area contributed by atoms with Crippen molar-refractivity contribution < 1.29 is 23.5 Å². The number of nitrogens with zero attached hydrogens (tertiary/aromatic N) is 2. The summed E-state index contributed by atoms with van der Waals surface area (Å²) in [6, 6.07) is 16.1. The lowest BCUT2D eigenvalue weighted by Gasteiger charge is -2.20. The Labute approximate surface area is 198 Å². The largest absolute Gasteiger partial charge is 0.494 e. The summed E-state index contributed by atoms with van der Waals surface area (Å²) in [4.78, 5) is 41.9. The van der Waals surface area contributed by atoms with E-state index in [1.54, 1.807) is 48.5 Å². The summed E-state index contributed by atoms with van der Waals surface area (Å²) in [5.74, 6) is 0.428. The second kappa shape index (κ2) is 10.2. The first-order chi connectivity index (χ1) is 16.5. The molecule has 8 heteroatoms. The van der Waals surface area contributed by atoms with Gasteiger partial charge in [0.1, 0.15) is 17.6 Å². The number of urea groups is 1. The van der Waals surface area contributed by atoms with Crippen molar-refractivity contribution in [2.45, 2.75) is 39.3 Å². The molecule has 2 heterocycles. The minimum atomic E-state index is -0.953. The average Bonchev–Trinajstić information content (AvgIpc) is 3.42. The Hall–Kier alpha value is -4.07. The number of anilines is 2. The molecule has 0 spiro atoms. The van der Waals surface area contributed by atoms with Crippen LogP contribution in [0.3, 0.4) is 0 Å². The van der Waals surface area contributed by atoms with Crippen LogP contribution >= 0.6 is 0 Å². The van der Waals surface area contributed by atoms with Gasteiger partial charge in [-0.2, -0.15) is 0 Å². The first-order valence-corrected chi connectivity index (χ1v) is 11.2. The van der Waals surface area contributed by atoms with E-state index < -0.39 is 18.0 Å². The Kier molecular flexibility index (Phi) is 6.96. The minimum absolute atomic E-state index is 0.0847. The molecular formula is C26H27N3O5. The molecule has 4 amide bonds. The molecule has 2 aromatic carbocycles. The van der Waals surface area contributed by atoms with E-state index in [0.717, 1.165) is 22.6 Å². The number of rotatable bonds is 9. The molecule has 4 rings (SSSR count). The van der Waals surface area contributed by atoms with Crippen LogP contribution in [0.4, 0.5) is 16.2 Å². The molecule has 8 nitrogen and oxygen atoms in total. The van der Waals surface area contributed by atoms with E-state index in [4.69, 9.17) is 9.15 Å². The van der Waals surface area contributed by atoms with Gasteiger partial charge in [0.05, 0.1) is 31.5 Å². The topological polar surface area (TPSA) is 92.1 Å². The number of hydrogen-bond donors (Lipinski definition) is 1. The molecule has 1 N–H and O–H groups in total. The number of nitrogens with one attached hydrogen (secondary N) is 1. The zero-order valence-electron chi connectivity index (χ0n) is 19.2. The Balaban J connectivity index is 1.51. The summed E-state index contributed by atoms with van der Waals surface area (Å²) in [6.07, 6.45) is 2.23. The number of hydrogen-bond acceptors (Lipinski definition) is 5. The average molecular weight is 462 g/mol. The van der Waals surface area contributed by atoms with Gasteiger partial charge in [-0.05, 0) is 61.9 Å². The molecule has 1 saturated heterocycles. The van der Waals surface area contributed by atoms with E-state index in [1.807, 2.05) is 26.0 Å². The zero-order chi connectivity index (χ0) is 24.1. The van der Waals surface area contributed by atoms with E-state index in [2.05, 4.69) is 5.32 Å². The molecule has 0 saturated carbocycles. The van der Waals surface area contributed by atoms with E-state index in [-0.39, 0.29) is 18.9 Å². The fourth-order valence-electron chi connectivity index (χ4n) is 3.76. The molecule has 0 aliphatic carbocycles. The fraction of sp³-hybridized carbons (Fsp3) is 0.269. The van der Waals surface area contributed by atoms with Crippen molar-refractivity contribution in [2.75, 3.05) is 16.8 Å². The van der Waals surface area contributed by atoms with Crippen molar-refractivity contribution in [1.29, 1.82) is 0 Å². The maximum absolute atomic E-state index is 13.3. The van der Waals surface area contributed by atoms with Crippen LogP contribution < -0.4 is 15.0 Å². The molecule has 1 aliphatic heterocycles. The van der Waals surface area contributed by atoms with Crippen LogP contribution in [0, 0.1) is 6.92 Å². The molecule has 1 fully saturated rings. The lowest BCUT2D eigenvalue weighted by molar-refractivity contribution is -0.124. The third kappa shape index (κ3) is 5.11. The third-order valence-electron chi connectivity index (χ3n) is 5.51. The van der Waals surface area contributed by atoms with E-state index in [0.29, 0.717) is 23.7 Å². The van der Waals surface area contributed by atoms with Gasteiger partial charge in [-0.15, -0.1) is 0 Å². The highest BCUT2D eigenvalue weighted by molar-refractivity contribution is 6.22. The molecule has 1 aliphatic rings. The summed E-state index contributed by atoms with van der Waals surface area (Å²) < 4.78 is 10.9. The number of ether oxygens (including phenoxy) is 1. The predicted molar refractivity (Wildman–Crippen MR) is 128 cm³/mol. The SMILES string of the molecule is CCCOc1ccc(NC(=O)C[C@H]2C(=O)N(c3ccc(C)cc3)C(=O)N2Cc2ccco2)cc1. The number of amides is 4. The van der Waals surface area contributed by atoms with E-state index in [9.17, 15) is 14.4 Å². The summed E-state index contributed by atoms with van der Waals surface area (Å²) in [7, 11) is 0. The molecule has 34 heavy (non-hydrogen) atoms. The highest BCUT2D eigenvalue weighted by atomic mass is 16.5. The normalized spacial score (nSPS) is 15.6. The number of carbonyl (C=O) groups excluding carboxylic acids is 3. The lowest BCUT2D eigenvalue weighted by Crippen LogP contribution is -2.37. The molecular weight excluding hydrogens is 434 g/mol. The van der Waals surface area contributed by atoms with Crippen LogP contribution in [0.25, 0.3) is 0 Å². The number of benzene rings is 2. The van der Waals surface area contributed by atoms with Crippen molar-refractivity contribution in [3.05, 3.63) is 78.3 Å². The number of aryl methyl sites for hydroxylation is 1. The first kappa shape index (κ1) is 23.1. The van der Waals surface area contributed by atoms with Gasteiger partial charge in [-0.1, -0.05) is 24.6 Å². The minimum Gasteiger partial charge on any atom is -0.494 e. The predicted octanol–water partition coefficient (Wildman–Crippen LogP) is 4.74. The lowest BCUT2D eigenvalue weighted by atomic mass is 10.1. The number of imide groups is 1. The fourth-order valence-corrected chi connectivity index (χ4v) is 3.76. The van der Waals surface area contributed by atoms with Crippen LogP contribution in [-0.4, -0.2) is 35.4 Å². The third-order valence-corrected chi connectivity index (χ3v) is 5.51. The van der Waals surface area contributed by atoms with Crippen LogP contribution in [0.15, 0.2) is 71.3 Å². The molecule has 1 atom stereocenters. The Morgan fingerprint density at radius 1 is 1.06 bits per heavy atom. The van der Waals surface area contributed by atoms with Crippen LogP contribution in [0.2, 0.25) is 0 Å². The molecule has 3 aromatic rings. The van der Waals surface area contributed by atoms with Gasteiger partial charge in [0.25, 0.3) is 5.91 Å². The van der Waals surface area contributed by atoms with Crippen molar-refractivity contribution in [2.24, 2.45) is 0 Å². The summed E-state index contributed by atoms with van der Waals surface area (Å²) in [5, 5.41) is 2.80. The van der Waals surface area contributed by atoms with Gasteiger partial charge in [0, 0.05) is 5.69 Å². The van der Waals surface area contributed by atoms with Gasteiger partial charge in [-0.25, -0.2) is 9.69 Å². The van der Waals surface area contributed by atoms with Crippen molar-refractivity contribution in [1.82, 2.24) is 4.90 Å². The summed E-state index contributed by atoms with van der Waals surface area (Å²) in [5.41, 5.74) is 2.06. The first-order valence-electron chi connectivity index (χ1n) is 11.2. The van der Waals surface area contributed by atoms with Crippen LogP contribution in [0.1, 0.15) is 31.1 Å². The monoisotopic (exact) mass is 461 g/mol. The Bertz CT molecular complexity index is 1140. The molecule has 0 unspecified atom stereocenters. The number of furan rings is 1. The molecule has 0 bridgehead atoms. The van der Waals surface area contributed by atoms with E-state index in [1.165, 1.54) is 11.2 Å². The number of carbonyl (C=O) groups is 3. The van der Waals surface area contributed by atoms with Crippen molar-refractivity contribution in [3.8, 4) is 5.75 Å². The molecule has 1 aromatic heterocycles.